The number of methoxy groups -OCH3 is 2. The Morgan fingerprint density at radius 2 is 1.96 bits per heavy atom. The van der Waals surface area contributed by atoms with Crippen LogP contribution in [0.25, 0.3) is 0 Å². The van der Waals surface area contributed by atoms with Crippen molar-refractivity contribution >= 4 is 21.6 Å². The fourth-order valence-electron chi connectivity index (χ4n) is 2.34. The molecule has 1 aromatic carbocycles. The number of aromatic nitrogens is 1. The van der Waals surface area contributed by atoms with Gasteiger partial charge in [-0.1, -0.05) is 5.16 Å². The van der Waals surface area contributed by atoms with Crippen molar-refractivity contribution in [2.45, 2.75) is 25.2 Å². The zero-order valence-corrected chi connectivity index (χ0v) is 15.8. The highest BCUT2D eigenvalue weighted by Gasteiger charge is 2.23. The van der Waals surface area contributed by atoms with E-state index in [0.29, 0.717) is 17.2 Å². The zero-order chi connectivity index (χ0) is 19.3. The molecule has 0 spiro atoms. The monoisotopic (exact) mass is 383 g/mol. The first-order valence-electron chi connectivity index (χ1n) is 7.73. The largest absolute Gasteiger partial charge is 0.497 e. The molecule has 142 valence electrons. The molecule has 0 radical (unpaired) electrons. The molecule has 2 N–H and O–H groups in total. The fourth-order valence-corrected chi connectivity index (χ4v) is 3.70. The molecule has 26 heavy (non-hydrogen) atoms. The van der Waals surface area contributed by atoms with E-state index in [4.69, 9.17) is 14.0 Å². The minimum atomic E-state index is -3.80. The van der Waals surface area contributed by atoms with Crippen LogP contribution in [0.4, 0.5) is 5.69 Å². The molecule has 0 saturated carbocycles. The second-order valence-electron chi connectivity index (χ2n) is 5.42. The van der Waals surface area contributed by atoms with E-state index in [-0.39, 0.29) is 35.2 Å². The Bertz CT molecular complexity index is 872. The summed E-state index contributed by atoms with van der Waals surface area (Å²) >= 11 is 0. The van der Waals surface area contributed by atoms with Gasteiger partial charge in [0.1, 0.15) is 22.1 Å². The number of rotatable bonds is 8. The number of hydrogen-bond donors (Lipinski definition) is 2. The molecule has 0 unspecified atom stereocenters. The van der Waals surface area contributed by atoms with Crippen LogP contribution >= 0.6 is 0 Å². The van der Waals surface area contributed by atoms with Gasteiger partial charge >= 0.3 is 0 Å². The van der Waals surface area contributed by atoms with Gasteiger partial charge in [-0.3, -0.25) is 4.79 Å². The summed E-state index contributed by atoms with van der Waals surface area (Å²) in [7, 11) is -0.796. The first kappa shape index (κ1) is 19.7. The summed E-state index contributed by atoms with van der Waals surface area (Å²) in [5, 5.41) is 6.29. The maximum absolute atomic E-state index is 12.3. The number of amides is 1. The van der Waals surface area contributed by atoms with Gasteiger partial charge in [-0.15, -0.1) is 0 Å². The van der Waals surface area contributed by atoms with Crippen LogP contribution in [0.1, 0.15) is 17.9 Å². The van der Waals surface area contributed by atoms with E-state index in [9.17, 15) is 13.2 Å². The van der Waals surface area contributed by atoms with Crippen LogP contribution in [-0.4, -0.2) is 40.2 Å². The SMILES string of the molecule is COc1ccc(NC(=O)CCNS(=O)(=O)c2c(C)noc2C)c(OC)c1. The lowest BCUT2D eigenvalue weighted by Crippen LogP contribution is -2.28. The molecule has 1 aromatic heterocycles. The number of benzene rings is 1. The minimum absolute atomic E-state index is 0.00488. The second kappa shape index (κ2) is 8.19. The summed E-state index contributed by atoms with van der Waals surface area (Å²) in [6, 6.07) is 4.96. The van der Waals surface area contributed by atoms with Gasteiger partial charge < -0.3 is 19.3 Å². The Labute approximate surface area is 151 Å². The number of nitrogens with zero attached hydrogens (tertiary/aromatic N) is 1. The number of anilines is 1. The summed E-state index contributed by atoms with van der Waals surface area (Å²) < 4.78 is 42.1. The molecule has 0 atom stereocenters. The second-order valence-corrected chi connectivity index (χ2v) is 7.12. The third-order valence-electron chi connectivity index (χ3n) is 3.56. The van der Waals surface area contributed by atoms with E-state index in [2.05, 4.69) is 15.2 Å². The summed E-state index contributed by atoms with van der Waals surface area (Å²) in [6.45, 7) is 2.97. The first-order chi connectivity index (χ1) is 12.3. The van der Waals surface area contributed by atoms with Crippen molar-refractivity contribution in [3.8, 4) is 11.5 Å². The zero-order valence-electron chi connectivity index (χ0n) is 15.0. The number of nitrogens with one attached hydrogen (secondary N) is 2. The molecule has 0 fully saturated rings. The highest BCUT2D eigenvalue weighted by atomic mass is 32.2. The number of hydrogen-bond acceptors (Lipinski definition) is 7. The van der Waals surface area contributed by atoms with Crippen LogP contribution in [0.3, 0.4) is 0 Å². The standard InChI is InChI=1S/C16H21N3O6S/c1-10-16(11(2)25-19-10)26(21,22)17-8-7-15(20)18-13-6-5-12(23-3)9-14(13)24-4/h5-6,9,17H,7-8H2,1-4H3,(H,18,20). The molecule has 10 heteroatoms. The van der Waals surface area contributed by atoms with Crippen LogP contribution in [-0.2, 0) is 14.8 Å². The van der Waals surface area contributed by atoms with Crippen molar-refractivity contribution in [2.75, 3.05) is 26.1 Å². The molecule has 0 saturated heterocycles. The maximum atomic E-state index is 12.3. The Kier molecular flexibility index (Phi) is 6.22. The predicted molar refractivity (Wildman–Crippen MR) is 94.0 cm³/mol. The molecule has 1 heterocycles. The maximum Gasteiger partial charge on any atom is 0.245 e. The lowest BCUT2D eigenvalue weighted by molar-refractivity contribution is -0.116. The highest BCUT2D eigenvalue weighted by molar-refractivity contribution is 7.89. The molecule has 2 rings (SSSR count). The smallest absolute Gasteiger partial charge is 0.245 e. The van der Waals surface area contributed by atoms with Gasteiger partial charge in [0.05, 0.1) is 19.9 Å². The topological polar surface area (TPSA) is 120 Å². The number of ether oxygens (including phenoxy) is 2. The van der Waals surface area contributed by atoms with Crippen LogP contribution in [0.5, 0.6) is 11.5 Å². The number of carbonyl (C=O) groups excluding carboxylic acids is 1. The van der Waals surface area contributed by atoms with Crippen LogP contribution in [0.2, 0.25) is 0 Å². The van der Waals surface area contributed by atoms with Crippen molar-refractivity contribution < 1.29 is 27.2 Å². The number of carbonyl (C=O) groups is 1. The van der Waals surface area contributed by atoms with Crippen LogP contribution in [0.15, 0.2) is 27.6 Å². The minimum Gasteiger partial charge on any atom is -0.497 e. The van der Waals surface area contributed by atoms with E-state index in [1.807, 2.05) is 0 Å². The Morgan fingerprint density at radius 3 is 2.54 bits per heavy atom. The van der Waals surface area contributed by atoms with Gasteiger partial charge in [-0.2, -0.15) is 0 Å². The molecule has 0 aliphatic carbocycles. The van der Waals surface area contributed by atoms with Crippen molar-refractivity contribution in [1.29, 1.82) is 0 Å². The molecule has 9 nitrogen and oxygen atoms in total. The molecular formula is C16H21N3O6S. The number of aryl methyl sites for hydroxylation is 2. The van der Waals surface area contributed by atoms with Crippen molar-refractivity contribution in [3.63, 3.8) is 0 Å². The highest BCUT2D eigenvalue weighted by Crippen LogP contribution is 2.29. The summed E-state index contributed by atoms with van der Waals surface area (Å²) in [6.07, 6.45) is -0.0577. The van der Waals surface area contributed by atoms with E-state index < -0.39 is 10.0 Å². The normalized spacial score (nSPS) is 11.2. The summed E-state index contributed by atoms with van der Waals surface area (Å²) in [5.74, 6) is 0.860. The van der Waals surface area contributed by atoms with Gasteiger partial charge in [0.25, 0.3) is 0 Å². The first-order valence-corrected chi connectivity index (χ1v) is 9.21. The Hall–Kier alpha value is -2.59. The predicted octanol–water partition coefficient (Wildman–Crippen LogP) is 1.62. The van der Waals surface area contributed by atoms with Crippen LogP contribution in [0, 0.1) is 13.8 Å². The average molecular weight is 383 g/mol. The Morgan fingerprint density at radius 1 is 1.23 bits per heavy atom. The lowest BCUT2D eigenvalue weighted by atomic mass is 10.2. The van der Waals surface area contributed by atoms with E-state index >= 15 is 0 Å². The molecular weight excluding hydrogens is 362 g/mol. The molecule has 0 bridgehead atoms. The van der Waals surface area contributed by atoms with Crippen molar-refractivity contribution in [3.05, 3.63) is 29.7 Å². The summed E-state index contributed by atoms with van der Waals surface area (Å²) in [4.78, 5) is 12.1. The van der Waals surface area contributed by atoms with Gasteiger partial charge in [0, 0.05) is 19.0 Å². The lowest BCUT2D eigenvalue weighted by Gasteiger charge is -2.12. The molecule has 0 aliphatic rings. The van der Waals surface area contributed by atoms with E-state index in [1.54, 1.807) is 18.2 Å². The third kappa shape index (κ3) is 4.52. The van der Waals surface area contributed by atoms with Crippen LogP contribution < -0.4 is 19.5 Å². The van der Waals surface area contributed by atoms with Gasteiger partial charge in [0.15, 0.2) is 5.76 Å². The van der Waals surface area contributed by atoms with E-state index in [1.165, 1.54) is 28.1 Å². The third-order valence-corrected chi connectivity index (χ3v) is 5.27. The molecule has 1 amide bonds. The summed E-state index contributed by atoms with van der Waals surface area (Å²) in [5.41, 5.74) is 0.731. The van der Waals surface area contributed by atoms with Crippen molar-refractivity contribution in [2.24, 2.45) is 0 Å². The fraction of sp³-hybridized carbons (Fsp3) is 0.375. The molecule has 2 aromatic rings. The quantitative estimate of drug-likeness (QED) is 0.710. The van der Waals surface area contributed by atoms with Gasteiger partial charge in [-0.05, 0) is 26.0 Å². The number of sulfonamides is 1. The van der Waals surface area contributed by atoms with Gasteiger partial charge in [0.2, 0.25) is 15.9 Å². The molecule has 0 aliphatic heterocycles. The average Bonchev–Trinajstić information content (AvgIpc) is 2.94. The van der Waals surface area contributed by atoms with E-state index in [0.717, 1.165) is 0 Å². The van der Waals surface area contributed by atoms with Crippen molar-refractivity contribution in [1.82, 2.24) is 9.88 Å². The van der Waals surface area contributed by atoms with Gasteiger partial charge in [-0.25, -0.2) is 13.1 Å². The Balaban J connectivity index is 1.95.